The Balaban J connectivity index is 2.02. The van der Waals surface area contributed by atoms with Gasteiger partial charge in [-0.15, -0.1) is 0 Å². The standard InChI is InChI=1S/C15H24ClN3/c1-18(11-12-19-9-2-3-10-19)15-13(7-8-17)5-4-6-14(15)16/h4-6H,2-3,7-12,17H2,1H3. The van der Waals surface area contributed by atoms with E-state index < -0.39 is 0 Å². The van der Waals surface area contributed by atoms with Gasteiger partial charge in [0, 0.05) is 20.1 Å². The van der Waals surface area contributed by atoms with Crippen LogP contribution in [0.2, 0.25) is 5.02 Å². The van der Waals surface area contributed by atoms with E-state index in [0.29, 0.717) is 6.54 Å². The summed E-state index contributed by atoms with van der Waals surface area (Å²) >= 11 is 6.36. The first-order valence-corrected chi connectivity index (χ1v) is 7.51. The predicted molar refractivity (Wildman–Crippen MR) is 83.2 cm³/mol. The van der Waals surface area contributed by atoms with Gasteiger partial charge in [-0.1, -0.05) is 23.7 Å². The highest BCUT2D eigenvalue weighted by Crippen LogP contribution is 2.29. The molecule has 2 N–H and O–H groups in total. The molecule has 0 bridgehead atoms. The van der Waals surface area contributed by atoms with E-state index in [1.165, 1.54) is 31.5 Å². The van der Waals surface area contributed by atoms with Crippen molar-refractivity contribution >= 4 is 17.3 Å². The first kappa shape index (κ1) is 14.6. The number of likely N-dealkylation sites (N-methyl/N-ethyl adjacent to an activating group) is 1. The maximum atomic E-state index is 6.36. The van der Waals surface area contributed by atoms with Gasteiger partial charge in [-0.2, -0.15) is 0 Å². The number of halogens is 1. The van der Waals surface area contributed by atoms with Gasteiger partial charge in [-0.05, 0) is 50.5 Å². The van der Waals surface area contributed by atoms with Gasteiger partial charge in [0.05, 0.1) is 10.7 Å². The minimum Gasteiger partial charge on any atom is -0.372 e. The summed E-state index contributed by atoms with van der Waals surface area (Å²) in [5, 5.41) is 0.829. The van der Waals surface area contributed by atoms with E-state index in [4.69, 9.17) is 17.3 Å². The van der Waals surface area contributed by atoms with Gasteiger partial charge in [0.1, 0.15) is 0 Å². The third-order valence-electron chi connectivity index (χ3n) is 3.82. The lowest BCUT2D eigenvalue weighted by Gasteiger charge is -2.26. The van der Waals surface area contributed by atoms with Crippen molar-refractivity contribution in [2.24, 2.45) is 5.73 Å². The van der Waals surface area contributed by atoms with Crippen LogP contribution in [0.4, 0.5) is 5.69 Å². The molecular formula is C15H24ClN3. The van der Waals surface area contributed by atoms with Crippen LogP contribution in [0.5, 0.6) is 0 Å². The molecule has 0 aliphatic carbocycles. The fraction of sp³-hybridized carbons (Fsp3) is 0.600. The molecular weight excluding hydrogens is 258 g/mol. The Morgan fingerprint density at radius 3 is 2.74 bits per heavy atom. The second kappa shape index (κ2) is 7.13. The number of rotatable bonds is 6. The maximum Gasteiger partial charge on any atom is 0.0642 e. The number of nitrogens with zero attached hydrogens (tertiary/aromatic N) is 2. The van der Waals surface area contributed by atoms with Crippen molar-refractivity contribution in [3.8, 4) is 0 Å². The highest BCUT2D eigenvalue weighted by atomic mass is 35.5. The fourth-order valence-corrected chi connectivity index (χ4v) is 3.09. The van der Waals surface area contributed by atoms with Crippen LogP contribution in [0.25, 0.3) is 0 Å². The van der Waals surface area contributed by atoms with Gasteiger partial charge in [0.25, 0.3) is 0 Å². The second-order valence-electron chi connectivity index (χ2n) is 5.26. The van der Waals surface area contributed by atoms with E-state index in [1.54, 1.807) is 0 Å². The lowest BCUT2D eigenvalue weighted by atomic mass is 10.1. The maximum absolute atomic E-state index is 6.36. The molecule has 1 aliphatic heterocycles. The van der Waals surface area contributed by atoms with Gasteiger partial charge in [-0.3, -0.25) is 0 Å². The Labute approximate surface area is 121 Å². The van der Waals surface area contributed by atoms with Crippen molar-refractivity contribution in [2.45, 2.75) is 19.3 Å². The van der Waals surface area contributed by atoms with E-state index in [2.05, 4.69) is 22.9 Å². The molecule has 4 heteroatoms. The molecule has 0 aromatic heterocycles. The molecule has 1 aromatic rings. The molecule has 2 rings (SSSR count). The lowest BCUT2D eigenvalue weighted by molar-refractivity contribution is 0.346. The number of anilines is 1. The van der Waals surface area contributed by atoms with Gasteiger partial charge in [0.15, 0.2) is 0 Å². The quantitative estimate of drug-likeness (QED) is 0.869. The van der Waals surface area contributed by atoms with E-state index >= 15 is 0 Å². The molecule has 1 aromatic carbocycles. The predicted octanol–water partition coefficient (Wildman–Crippen LogP) is 2.37. The number of benzene rings is 1. The summed E-state index contributed by atoms with van der Waals surface area (Å²) in [4.78, 5) is 4.79. The topological polar surface area (TPSA) is 32.5 Å². The lowest BCUT2D eigenvalue weighted by Crippen LogP contribution is -2.32. The van der Waals surface area contributed by atoms with Gasteiger partial charge in [-0.25, -0.2) is 0 Å². The molecule has 0 spiro atoms. The van der Waals surface area contributed by atoms with Gasteiger partial charge in [0.2, 0.25) is 0 Å². The zero-order valence-electron chi connectivity index (χ0n) is 11.7. The molecule has 1 heterocycles. The monoisotopic (exact) mass is 281 g/mol. The molecule has 1 saturated heterocycles. The van der Waals surface area contributed by atoms with E-state index in [1.807, 2.05) is 12.1 Å². The molecule has 1 aliphatic rings. The fourth-order valence-electron chi connectivity index (χ4n) is 2.75. The first-order valence-electron chi connectivity index (χ1n) is 7.13. The molecule has 0 unspecified atom stereocenters. The zero-order chi connectivity index (χ0) is 13.7. The number of likely N-dealkylation sites (tertiary alicyclic amines) is 1. The van der Waals surface area contributed by atoms with Crippen LogP contribution >= 0.6 is 11.6 Å². The summed E-state index contributed by atoms with van der Waals surface area (Å²) in [5.41, 5.74) is 8.08. The number of nitrogens with two attached hydrogens (primary N) is 1. The molecule has 0 saturated carbocycles. The van der Waals surface area contributed by atoms with Crippen molar-refractivity contribution < 1.29 is 0 Å². The average Bonchev–Trinajstić information content (AvgIpc) is 2.90. The Morgan fingerprint density at radius 2 is 2.05 bits per heavy atom. The van der Waals surface area contributed by atoms with E-state index in [0.717, 1.165) is 30.2 Å². The van der Waals surface area contributed by atoms with Crippen molar-refractivity contribution in [1.29, 1.82) is 0 Å². The smallest absolute Gasteiger partial charge is 0.0642 e. The van der Waals surface area contributed by atoms with Crippen LogP contribution in [0, 0.1) is 0 Å². The Morgan fingerprint density at radius 1 is 1.32 bits per heavy atom. The van der Waals surface area contributed by atoms with E-state index in [9.17, 15) is 0 Å². The van der Waals surface area contributed by atoms with Gasteiger partial charge < -0.3 is 15.5 Å². The number of hydrogen-bond donors (Lipinski definition) is 1. The van der Waals surface area contributed by atoms with Crippen molar-refractivity contribution in [3.05, 3.63) is 28.8 Å². The highest BCUT2D eigenvalue weighted by Gasteiger charge is 2.15. The molecule has 19 heavy (non-hydrogen) atoms. The molecule has 106 valence electrons. The molecule has 3 nitrogen and oxygen atoms in total. The van der Waals surface area contributed by atoms with Crippen LogP contribution in [0.3, 0.4) is 0 Å². The largest absolute Gasteiger partial charge is 0.372 e. The van der Waals surface area contributed by atoms with Crippen LogP contribution < -0.4 is 10.6 Å². The number of para-hydroxylation sites is 1. The van der Waals surface area contributed by atoms with Gasteiger partial charge >= 0.3 is 0 Å². The summed E-state index contributed by atoms with van der Waals surface area (Å²) in [6, 6.07) is 6.09. The third kappa shape index (κ3) is 3.85. The second-order valence-corrected chi connectivity index (χ2v) is 5.66. The summed E-state index contributed by atoms with van der Waals surface area (Å²) < 4.78 is 0. The van der Waals surface area contributed by atoms with Crippen molar-refractivity contribution in [3.63, 3.8) is 0 Å². The SMILES string of the molecule is CN(CCN1CCCC1)c1c(Cl)cccc1CCN. The summed E-state index contributed by atoms with van der Waals surface area (Å²) in [7, 11) is 2.12. The number of hydrogen-bond acceptors (Lipinski definition) is 3. The zero-order valence-corrected chi connectivity index (χ0v) is 12.5. The Kier molecular flexibility index (Phi) is 5.49. The van der Waals surface area contributed by atoms with Crippen molar-refractivity contribution in [1.82, 2.24) is 4.90 Å². The molecule has 0 amide bonds. The van der Waals surface area contributed by atoms with E-state index in [-0.39, 0.29) is 0 Å². The third-order valence-corrected chi connectivity index (χ3v) is 4.12. The minimum absolute atomic E-state index is 0.660. The summed E-state index contributed by atoms with van der Waals surface area (Å²) in [6.07, 6.45) is 3.56. The van der Waals surface area contributed by atoms with Crippen LogP contribution in [0.15, 0.2) is 18.2 Å². The molecule has 0 radical (unpaired) electrons. The first-order chi connectivity index (χ1) is 9.22. The highest BCUT2D eigenvalue weighted by molar-refractivity contribution is 6.33. The normalized spacial score (nSPS) is 15.9. The molecule has 0 atom stereocenters. The van der Waals surface area contributed by atoms with Crippen LogP contribution in [-0.2, 0) is 6.42 Å². The van der Waals surface area contributed by atoms with Crippen molar-refractivity contribution in [2.75, 3.05) is 44.7 Å². The Hall–Kier alpha value is -0.770. The van der Waals surface area contributed by atoms with Crippen LogP contribution in [-0.4, -0.2) is 44.7 Å². The average molecular weight is 282 g/mol. The summed E-state index contributed by atoms with van der Waals surface area (Å²) in [5.74, 6) is 0. The Bertz CT molecular complexity index is 402. The molecule has 1 fully saturated rings. The minimum atomic E-state index is 0.660. The van der Waals surface area contributed by atoms with Crippen LogP contribution in [0.1, 0.15) is 18.4 Å². The summed E-state index contributed by atoms with van der Waals surface area (Å²) in [6.45, 7) is 5.27.